The largest absolute Gasteiger partial charge is 0.413 e. The van der Waals surface area contributed by atoms with Gasteiger partial charge in [-0.2, -0.15) is 13.2 Å². The second-order valence-corrected chi connectivity index (χ2v) is 12.5. The van der Waals surface area contributed by atoms with Gasteiger partial charge >= 0.3 is 6.18 Å². The first-order chi connectivity index (χ1) is 19.8. The molecule has 1 N–H and O–H groups in total. The number of halogens is 5. The number of carbonyl (C=O) groups excluding carboxylic acids is 2. The molecule has 2 fully saturated rings. The van der Waals surface area contributed by atoms with Crippen molar-refractivity contribution < 1.29 is 32.3 Å². The zero-order valence-corrected chi connectivity index (χ0v) is 24.5. The fraction of sp³-hybridized carbons (Fsp3) is 0.633. The van der Waals surface area contributed by atoms with Gasteiger partial charge in [0.1, 0.15) is 5.82 Å². The second-order valence-electron chi connectivity index (χ2n) is 12.1. The van der Waals surface area contributed by atoms with Crippen molar-refractivity contribution in [3.8, 4) is 0 Å². The van der Waals surface area contributed by atoms with Crippen LogP contribution in [0.1, 0.15) is 76.0 Å². The molecule has 2 saturated carbocycles. The minimum Gasteiger partial charge on any atom is -0.386 e. The third-order valence-corrected chi connectivity index (χ3v) is 9.61. The summed E-state index contributed by atoms with van der Waals surface area (Å²) in [7, 11) is 0. The first kappa shape index (κ1) is 32.3. The second kappa shape index (κ2) is 12.9. The smallest absolute Gasteiger partial charge is 0.386 e. The van der Waals surface area contributed by atoms with Crippen LogP contribution in [-0.2, 0) is 16.0 Å². The van der Waals surface area contributed by atoms with Gasteiger partial charge < -0.3 is 10.0 Å². The summed E-state index contributed by atoms with van der Waals surface area (Å²) in [6, 6.07) is 2.31. The topological polar surface area (TPSA) is 99.4 Å². The lowest BCUT2D eigenvalue weighted by molar-refractivity contribution is -0.131. The molecule has 0 saturated heterocycles. The van der Waals surface area contributed by atoms with E-state index in [-0.39, 0.29) is 61.8 Å². The molecule has 42 heavy (non-hydrogen) atoms. The Balaban J connectivity index is 1.66. The molecular weight excluding hydrogens is 578 g/mol. The van der Waals surface area contributed by atoms with Crippen LogP contribution in [0.4, 0.5) is 17.6 Å². The lowest BCUT2D eigenvalue weighted by Crippen LogP contribution is -2.44. The molecule has 1 aromatic rings. The van der Waals surface area contributed by atoms with Crippen LogP contribution in [-0.4, -0.2) is 53.8 Å². The van der Waals surface area contributed by atoms with Crippen LogP contribution in [0.3, 0.4) is 0 Å². The Kier molecular flexibility index (Phi) is 9.92. The van der Waals surface area contributed by atoms with E-state index in [2.05, 4.69) is 10.2 Å². The van der Waals surface area contributed by atoms with Gasteiger partial charge in [0.05, 0.1) is 29.2 Å². The number of amides is 2. The number of aryl methyl sites for hydroxylation is 1. The van der Waals surface area contributed by atoms with Crippen molar-refractivity contribution in [2.75, 3.05) is 19.6 Å². The molecule has 4 rings (SSSR count). The van der Waals surface area contributed by atoms with E-state index in [9.17, 15) is 37.2 Å². The number of rotatable bonds is 9. The highest BCUT2D eigenvalue weighted by Gasteiger charge is 2.49. The number of hydrogen-bond acceptors (Lipinski definition) is 5. The number of aliphatic hydroxyl groups excluding tert-OH is 1. The van der Waals surface area contributed by atoms with Crippen molar-refractivity contribution >= 4 is 29.6 Å². The van der Waals surface area contributed by atoms with E-state index in [1.807, 2.05) is 0 Å². The Morgan fingerprint density at radius 3 is 2.43 bits per heavy atom. The van der Waals surface area contributed by atoms with Gasteiger partial charge in [0.15, 0.2) is 0 Å². The third kappa shape index (κ3) is 6.77. The number of nitrogens with zero attached hydrogens (tertiary/aromatic N) is 3. The van der Waals surface area contributed by atoms with Gasteiger partial charge in [-0.1, -0.05) is 31.9 Å². The summed E-state index contributed by atoms with van der Waals surface area (Å²) in [5.74, 6) is -3.75. The predicted molar refractivity (Wildman–Crippen MR) is 150 cm³/mol. The van der Waals surface area contributed by atoms with E-state index in [1.54, 1.807) is 13.8 Å². The Hall–Kier alpha value is -2.66. The summed E-state index contributed by atoms with van der Waals surface area (Å²) in [5.41, 5.74) is -1.81. The van der Waals surface area contributed by atoms with Crippen molar-refractivity contribution in [3.63, 3.8) is 0 Å². The monoisotopic (exact) mass is 613 g/mol. The molecule has 3 aliphatic rings. The van der Waals surface area contributed by atoms with Crippen LogP contribution in [0.15, 0.2) is 33.4 Å². The number of carbonyl (C=O) groups is 2. The maximum absolute atomic E-state index is 14.7. The fourth-order valence-electron chi connectivity index (χ4n) is 6.54. The van der Waals surface area contributed by atoms with E-state index < -0.39 is 58.3 Å². The molecule has 2 amide bonds. The fourth-order valence-corrected chi connectivity index (χ4v) is 6.89. The van der Waals surface area contributed by atoms with Crippen molar-refractivity contribution in [2.24, 2.45) is 33.3 Å². The average Bonchev–Trinajstić information content (AvgIpc) is 2.92. The molecule has 2 aliphatic carbocycles. The lowest BCUT2D eigenvalue weighted by Gasteiger charge is -2.40. The molecular formula is C30H36ClF4N3O4. The highest BCUT2D eigenvalue weighted by molar-refractivity contribution is 6.31. The number of nitroso groups, excluding NO2 is 1. The standard InChI is InChI=1S/C30H36ClF4N3O4/c1-3-18-11-20(32)12-23(31)25(18)24(39)16-38(15-17-5-4-6-17)27(40)22-14-36-13-21(26(22)30(33,34)35)19-7-9-29(2,10-8-19)28(41)37-42/h11-12,14,17,19,21,24,39H,3-10,13,15-16H2,1-2H3. The number of dihydropyridines is 1. The molecule has 2 unspecified atom stereocenters. The highest BCUT2D eigenvalue weighted by atomic mass is 35.5. The van der Waals surface area contributed by atoms with Crippen molar-refractivity contribution in [3.05, 3.63) is 50.2 Å². The highest BCUT2D eigenvalue weighted by Crippen LogP contribution is 2.48. The molecule has 0 aromatic heterocycles. The van der Waals surface area contributed by atoms with Crippen LogP contribution in [0, 0.1) is 33.9 Å². The molecule has 0 radical (unpaired) electrons. The molecule has 2 atom stereocenters. The van der Waals surface area contributed by atoms with Crippen LogP contribution >= 0.6 is 11.6 Å². The predicted octanol–water partition coefficient (Wildman–Crippen LogP) is 6.75. The zero-order valence-electron chi connectivity index (χ0n) is 23.7. The molecule has 0 spiro atoms. The van der Waals surface area contributed by atoms with Gasteiger partial charge in [0.2, 0.25) is 0 Å². The van der Waals surface area contributed by atoms with Gasteiger partial charge in [-0.3, -0.25) is 14.6 Å². The molecule has 230 valence electrons. The maximum Gasteiger partial charge on any atom is 0.413 e. The molecule has 1 aliphatic heterocycles. The Morgan fingerprint density at radius 1 is 1.21 bits per heavy atom. The van der Waals surface area contributed by atoms with Crippen LogP contribution in [0.25, 0.3) is 0 Å². The quantitative estimate of drug-likeness (QED) is 0.246. The van der Waals surface area contributed by atoms with Crippen molar-refractivity contribution in [2.45, 2.75) is 77.5 Å². The number of hydrogen-bond donors (Lipinski definition) is 1. The van der Waals surface area contributed by atoms with Gasteiger partial charge in [-0.25, -0.2) is 4.39 Å². The summed E-state index contributed by atoms with van der Waals surface area (Å²) >= 11 is 6.27. The van der Waals surface area contributed by atoms with Crippen molar-refractivity contribution in [1.82, 2.24) is 4.90 Å². The molecule has 1 heterocycles. The summed E-state index contributed by atoms with van der Waals surface area (Å²) in [5, 5.41) is 13.7. The first-order valence-electron chi connectivity index (χ1n) is 14.4. The zero-order chi connectivity index (χ0) is 30.8. The van der Waals surface area contributed by atoms with Gasteiger partial charge in [0, 0.05) is 41.0 Å². The SMILES string of the molecule is CCc1cc(F)cc(Cl)c1C(O)CN(CC1CCC1)C(=O)C1=C(C(F)(F)F)C(C2CCC(C)(C(=O)N=O)CC2)CN=C1. The molecule has 0 bridgehead atoms. The van der Waals surface area contributed by atoms with E-state index in [1.165, 1.54) is 11.0 Å². The Bertz CT molecular complexity index is 1270. The first-order valence-corrected chi connectivity index (χ1v) is 14.8. The molecule has 7 nitrogen and oxygen atoms in total. The summed E-state index contributed by atoms with van der Waals surface area (Å²) < 4.78 is 58.1. The number of aliphatic imine (C=N–C) groups is 1. The van der Waals surface area contributed by atoms with Gasteiger partial charge in [0.25, 0.3) is 11.8 Å². The number of benzene rings is 1. The summed E-state index contributed by atoms with van der Waals surface area (Å²) in [6.07, 6.45) is -1.31. The maximum atomic E-state index is 14.7. The van der Waals surface area contributed by atoms with Crippen molar-refractivity contribution in [1.29, 1.82) is 0 Å². The molecule has 1 aromatic carbocycles. The Morgan fingerprint density at radius 2 is 1.88 bits per heavy atom. The number of alkyl halides is 3. The van der Waals surface area contributed by atoms with Crippen LogP contribution in [0.2, 0.25) is 5.02 Å². The summed E-state index contributed by atoms with van der Waals surface area (Å²) in [4.78, 5) is 42.2. The number of aliphatic hydroxyl groups is 1. The van der Waals surface area contributed by atoms with E-state index in [4.69, 9.17) is 11.6 Å². The van der Waals surface area contributed by atoms with E-state index in [0.29, 0.717) is 12.0 Å². The van der Waals surface area contributed by atoms with Crippen LogP contribution < -0.4 is 0 Å². The van der Waals surface area contributed by atoms with Crippen LogP contribution in [0.5, 0.6) is 0 Å². The minimum absolute atomic E-state index is 0.0163. The Labute approximate surface area is 247 Å². The minimum atomic E-state index is -4.82. The average molecular weight is 614 g/mol. The third-order valence-electron chi connectivity index (χ3n) is 9.30. The van der Waals surface area contributed by atoms with Gasteiger partial charge in [-0.15, -0.1) is 4.91 Å². The van der Waals surface area contributed by atoms with E-state index in [0.717, 1.165) is 31.5 Å². The lowest BCUT2D eigenvalue weighted by atomic mass is 9.66. The van der Waals surface area contributed by atoms with Gasteiger partial charge in [-0.05, 0) is 74.5 Å². The molecule has 12 heteroatoms. The summed E-state index contributed by atoms with van der Waals surface area (Å²) in [6.45, 7) is 3.05. The normalized spacial score (nSPS) is 25.6. The van der Waals surface area contributed by atoms with E-state index >= 15 is 0 Å².